The molecule has 0 aromatic heterocycles. The summed E-state index contributed by atoms with van der Waals surface area (Å²) >= 11 is 2.11. The maximum Gasteiger partial charge on any atom is 0.180 e. The molecular formula is C6H4AlBrF2. The van der Waals surface area contributed by atoms with Crippen LogP contribution in [0.1, 0.15) is 0 Å². The van der Waals surface area contributed by atoms with Crippen LogP contribution in [0.25, 0.3) is 0 Å². The maximum absolute atomic E-state index is 12.3. The molecule has 0 aliphatic heterocycles. The van der Waals surface area contributed by atoms with Crippen LogP contribution in [-0.4, -0.2) is 16.3 Å². The lowest BCUT2D eigenvalue weighted by Gasteiger charge is -1.94. The van der Waals surface area contributed by atoms with Gasteiger partial charge in [-0.15, -0.1) is 21.4 Å². The standard InChI is InChI=1S/C6H3F2.Al.BrH/c7-5-3-1-2-4-6(5)8;;/h1-3H;;1H. The van der Waals surface area contributed by atoms with E-state index in [-0.39, 0.29) is 21.4 Å². The molecule has 52 valence electrons. The first-order valence-corrected chi connectivity index (χ1v) is 2.99. The SMILES string of the molecule is Br.Fc1ccc[c]([Al])c1F. The summed E-state index contributed by atoms with van der Waals surface area (Å²) in [5.41, 5.74) is 0. The van der Waals surface area contributed by atoms with E-state index in [2.05, 4.69) is 16.3 Å². The zero-order valence-electron chi connectivity index (χ0n) is 4.97. The topological polar surface area (TPSA) is 0 Å². The first-order chi connectivity index (χ1) is 4.22. The molecule has 1 rings (SSSR count). The predicted octanol–water partition coefficient (Wildman–Crippen LogP) is 1.34. The number of halogens is 3. The van der Waals surface area contributed by atoms with Gasteiger partial charge in [0, 0.05) is 0 Å². The molecule has 1 aromatic rings. The smallest absolute Gasteiger partial charge is 0.180 e. The summed E-state index contributed by atoms with van der Waals surface area (Å²) < 4.78 is 24.8. The lowest BCUT2D eigenvalue weighted by molar-refractivity contribution is 0.514. The van der Waals surface area contributed by atoms with Crippen LogP contribution in [0.5, 0.6) is 0 Å². The molecule has 0 nitrogen and oxygen atoms in total. The summed E-state index contributed by atoms with van der Waals surface area (Å²) in [4.78, 5) is 0. The van der Waals surface area contributed by atoms with Gasteiger partial charge in [0.25, 0.3) is 0 Å². The Labute approximate surface area is 76.4 Å². The van der Waals surface area contributed by atoms with E-state index in [1.54, 1.807) is 0 Å². The number of hydrogen-bond donors (Lipinski definition) is 0. The van der Waals surface area contributed by atoms with Gasteiger partial charge in [-0.2, -0.15) is 0 Å². The van der Waals surface area contributed by atoms with Crippen molar-refractivity contribution in [1.82, 2.24) is 0 Å². The number of benzene rings is 1. The molecule has 0 amide bonds. The molecule has 0 atom stereocenters. The highest BCUT2D eigenvalue weighted by atomic mass is 79.9. The van der Waals surface area contributed by atoms with E-state index >= 15 is 0 Å². The van der Waals surface area contributed by atoms with Gasteiger partial charge in [-0.05, 0) is 6.07 Å². The molecule has 0 aliphatic rings. The van der Waals surface area contributed by atoms with Gasteiger partial charge in [-0.25, -0.2) is 8.78 Å². The lowest BCUT2D eigenvalue weighted by atomic mass is 10.3. The van der Waals surface area contributed by atoms with E-state index in [4.69, 9.17) is 0 Å². The van der Waals surface area contributed by atoms with E-state index in [1.165, 1.54) is 12.1 Å². The Morgan fingerprint density at radius 3 is 2.20 bits per heavy atom. The lowest BCUT2D eigenvalue weighted by Crippen LogP contribution is -2.09. The molecule has 0 aliphatic carbocycles. The molecule has 10 heavy (non-hydrogen) atoms. The molecule has 0 fully saturated rings. The fourth-order valence-electron chi connectivity index (χ4n) is 0.520. The van der Waals surface area contributed by atoms with E-state index in [0.717, 1.165) is 6.07 Å². The molecule has 0 saturated carbocycles. The van der Waals surface area contributed by atoms with Gasteiger partial charge in [0.2, 0.25) is 0 Å². The Morgan fingerprint density at radius 1 is 1.20 bits per heavy atom. The van der Waals surface area contributed by atoms with Crippen molar-refractivity contribution in [1.29, 1.82) is 0 Å². The highest BCUT2D eigenvalue weighted by molar-refractivity contribution is 8.93. The Morgan fingerprint density at radius 2 is 1.80 bits per heavy atom. The largest absolute Gasteiger partial charge is 0.205 e. The molecule has 1 aromatic carbocycles. The second-order valence-corrected chi connectivity index (χ2v) is 2.27. The molecule has 0 N–H and O–H groups in total. The first-order valence-electron chi connectivity index (χ1n) is 2.41. The van der Waals surface area contributed by atoms with E-state index < -0.39 is 11.6 Å². The first kappa shape index (κ1) is 10.1. The normalized spacial score (nSPS) is 8.60. The van der Waals surface area contributed by atoms with Crippen LogP contribution in [0, 0.1) is 11.6 Å². The van der Waals surface area contributed by atoms with Gasteiger partial charge in [0.05, 0.1) is 0 Å². The zero-order chi connectivity index (χ0) is 6.85. The molecule has 0 spiro atoms. The monoisotopic (exact) mass is 220 g/mol. The molecule has 0 bridgehead atoms. The van der Waals surface area contributed by atoms with Crippen molar-refractivity contribution in [2.75, 3.05) is 0 Å². The third kappa shape index (κ3) is 2.05. The summed E-state index contributed by atoms with van der Waals surface area (Å²) in [6, 6.07) is 4.03. The Balaban J connectivity index is 0.000000810. The van der Waals surface area contributed by atoms with Crippen LogP contribution in [-0.2, 0) is 0 Å². The second kappa shape index (κ2) is 4.07. The second-order valence-electron chi connectivity index (χ2n) is 1.64. The van der Waals surface area contributed by atoms with Crippen molar-refractivity contribution < 1.29 is 8.78 Å². The minimum Gasteiger partial charge on any atom is -0.205 e. The average Bonchev–Trinajstić information content (AvgIpc) is 1.83. The van der Waals surface area contributed by atoms with Crippen LogP contribution < -0.4 is 4.43 Å². The molecular weight excluding hydrogens is 217 g/mol. The highest BCUT2D eigenvalue weighted by Gasteiger charge is 1.99. The third-order valence-electron chi connectivity index (χ3n) is 0.981. The van der Waals surface area contributed by atoms with Crippen LogP contribution in [0.3, 0.4) is 0 Å². The van der Waals surface area contributed by atoms with Crippen LogP contribution in [0.2, 0.25) is 0 Å². The predicted molar refractivity (Wildman–Crippen MR) is 42.1 cm³/mol. The van der Waals surface area contributed by atoms with Gasteiger partial charge in [0.15, 0.2) is 22.1 Å². The molecule has 0 unspecified atom stereocenters. The van der Waals surface area contributed by atoms with E-state index in [1.807, 2.05) is 0 Å². The van der Waals surface area contributed by atoms with Gasteiger partial charge >= 0.3 is 0 Å². The summed E-state index contributed by atoms with van der Waals surface area (Å²) in [6.45, 7) is 0. The quantitative estimate of drug-likeness (QED) is 0.580. The zero-order valence-corrected chi connectivity index (χ0v) is 7.84. The summed E-state index contributed by atoms with van der Waals surface area (Å²) in [6.07, 6.45) is 0. The van der Waals surface area contributed by atoms with Crippen LogP contribution in [0.15, 0.2) is 18.2 Å². The van der Waals surface area contributed by atoms with Crippen molar-refractivity contribution >= 4 is 37.7 Å². The van der Waals surface area contributed by atoms with Crippen molar-refractivity contribution in [2.45, 2.75) is 0 Å². The van der Waals surface area contributed by atoms with Crippen LogP contribution in [0.4, 0.5) is 8.78 Å². The Hall–Kier alpha value is 0.0925. The van der Waals surface area contributed by atoms with Gasteiger partial charge in [-0.3, -0.25) is 0 Å². The maximum atomic E-state index is 12.3. The summed E-state index contributed by atoms with van der Waals surface area (Å²) in [5.74, 6) is -1.59. The van der Waals surface area contributed by atoms with Gasteiger partial charge in [0.1, 0.15) is 5.82 Å². The summed E-state index contributed by atoms with van der Waals surface area (Å²) in [5, 5.41) is 0. The minimum absolute atomic E-state index is 0. The third-order valence-corrected chi connectivity index (χ3v) is 1.43. The number of hydrogen-bond acceptors (Lipinski definition) is 0. The highest BCUT2D eigenvalue weighted by Crippen LogP contribution is 1.98. The molecule has 0 saturated heterocycles. The van der Waals surface area contributed by atoms with Gasteiger partial charge < -0.3 is 0 Å². The van der Waals surface area contributed by atoms with E-state index in [9.17, 15) is 8.78 Å². The van der Waals surface area contributed by atoms with Gasteiger partial charge in [-0.1, -0.05) is 12.1 Å². The summed E-state index contributed by atoms with van der Waals surface area (Å²) in [7, 11) is 0. The Kier molecular flexibility index (Phi) is 4.11. The van der Waals surface area contributed by atoms with E-state index in [0.29, 0.717) is 0 Å². The molecule has 2 radical (unpaired) electrons. The fraction of sp³-hybridized carbons (Fsp3) is 0. The average molecular weight is 221 g/mol. The fourth-order valence-corrected chi connectivity index (χ4v) is 0.769. The van der Waals surface area contributed by atoms with Crippen molar-refractivity contribution in [3.8, 4) is 0 Å². The van der Waals surface area contributed by atoms with Crippen molar-refractivity contribution in [2.24, 2.45) is 0 Å². The van der Waals surface area contributed by atoms with Crippen LogP contribution >= 0.6 is 17.0 Å². The Bertz CT molecular complexity index is 207. The van der Waals surface area contributed by atoms with Crippen molar-refractivity contribution in [3.63, 3.8) is 0 Å². The minimum atomic E-state index is -0.803. The molecule has 4 heteroatoms. The molecule has 0 heterocycles. The number of rotatable bonds is 0. The van der Waals surface area contributed by atoms with Crippen molar-refractivity contribution in [3.05, 3.63) is 29.8 Å².